The van der Waals surface area contributed by atoms with E-state index in [-0.39, 0.29) is 29.3 Å². The van der Waals surface area contributed by atoms with Gasteiger partial charge in [0.2, 0.25) is 0 Å². The summed E-state index contributed by atoms with van der Waals surface area (Å²) in [5.74, 6) is -0.307. The van der Waals surface area contributed by atoms with E-state index < -0.39 is 26.9 Å². The van der Waals surface area contributed by atoms with Crippen LogP contribution in [-0.4, -0.2) is 31.8 Å². The van der Waals surface area contributed by atoms with Crippen molar-refractivity contribution in [1.29, 1.82) is 0 Å². The van der Waals surface area contributed by atoms with E-state index in [1.54, 1.807) is 0 Å². The van der Waals surface area contributed by atoms with E-state index in [2.05, 4.69) is 13.8 Å². The first-order valence-corrected chi connectivity index (χ1v) is 9.12. The van der Waals surface area contributed by atoms with Crippen molar-refractivity contribution in [2.24, 2.45) is 22.7 Å². The normalized spacial score (nSPS) is 42.2. The molecule has 0 aromatic heterocycles. The van der Waals surface area contributed by atoms with Gasteiger partial charge in [0, 0.05) is 11.8 Å². The topological polar surface area (TPSA) is 69.7 Å². The van der Waals surface area contributed by atoms with Gasteiger partial charge in [0.15, 0.2) is 0 Å². The SMILES string of the molecule is CCC(C)(C)C(=O)OC1C2CC3OS(=O)(=O)C1C3C2(C)C. The molecule has 0 aromatic carbocycles. The van der Waals surface area contributed by atoms with E-state index in [4.69, 9.17) is 8.92 Å². The Morgan fingerprint density at radius 2 is 2.00 bits per heavy atom. The Kier molecular flexibility index (Phi) is 3.07. The first-order valence-electron chi connectivity index (χ1n) is 7.65. The van der Waals surface area contributed by atoms with Gasteiger partial charge in [-0.1, -0.05) is 20.8 Å². The van der Waals surface area contributed by atoms with Gasteiger partial charge in [0.05, 0.1) is 11.5 Å². The van der Waals surface area contributed by atoms with E-state index in [0.717, 1.165) is 0 Å². The van der Waals surface area contributed by atoms with Crippen molar-refractivity contribution in [2.45, 2.75) is 64.9 Å². The number of rotatable bonds is 3. The molecule has 3 fully saturated rings. The van der Waals surface area contributed by atoms with Crippen molar-refractivity contribution in [3.8, 4) is 0 Å². The predicted octanol–water partition coefficient (Wildman–Crippen LogP) is 2.11. The van der Waals surface area contributed by atoms with Crippen molar-refractivity contribution in [1.82, 2.24) is 0 Å². The van der Waals surface area contributed by atoms with Gasteiger partial charge in [0.1, 0.15) is 11.4 Å². The summed E-state index contributed by atoms with van der Waals surface area (Å²) in [4.78, 5) is 12.4. The summed E-state index contributed by atoms with van der Waals surface area (Å²) in [5.41, 5.74) is -0.755. The summed E-state index contributed by atoms with van der Waals surface area (Å²) in [5, 5.41) is -0.687. The van der Waals surface area contributed by atoms with Crippen molar-refractivity contribution >= 4 is 16.1 Å². The smallest absolute Gasteiger partial charge is 0.311 e. The minimum atomic E-state index is -3.63. The van der Waals surface area contributed by atoms with Gasteiger partial charge in [-0.2, -0.15) is 8.42 Å². The molecule has 5 nitrogen and oxygen atoms in total. The second-order valence-corrected chi connectivity index (χ2v) is 9.61. The minimum absolute atomic E-state index is 0.0601. The molecule has 1 saturated heterocycles. The number of carbonyl (C=O) groups excluding carboxylic acids is 1. The van der Waals surface area contributed by atoms with Crippen molar-refractivity contribution in [3.05, 3.63) is 0 Å². The highest BCUT2D eigenvalue weighted by Crippen LogP contribution is 2.64. The Morgan fingerprint density at radius 1 is 1.38 bits per heavy atom. The van der Waals surface area contributed by atoms with Gasteiger partial charge >= 0.3 is 5.97 Å². The quantitative estimate of drug-likeness (QED) is 0.589. The third-order valence-corrected chi connectivity index (χ3v) is 7.79. The second kappa shape index (κ2) is 4.22. The fraction of sp³-hybridized carbons (Fsp3) is 0.933. The minimum Gasteiger partial charge on any atom is -0.460 e. The molecule has 0 spiro atoms. The molecular formula is C15H24O5S. The molecule has 0 aromatic rings. The molecule has 2 aliphatic carbocycles. The van der Waals surface area contributed by atoms with Gasteiger partial charge in [0.25, 0.3) is 10.1 Å². The third-order valence-electron chi connectivity index (χ3n) is 6.05. The zero-order valence-electron chi connectivity index (χ0n) is 13.3. The Labute approximate surface area is 126 Å². The molecule has 2 bridgehead atoms. The van der Waals surface area contributed by atoms with Crippen LogP contribution in [0.3, 0.4) is 0 Å². The van der Waals surface area contributed by atoms with Crippen LogP contribution in [0.2, 0.25) is 0 Å². The lowest BCUT2D eigenvalue weighted by atomic mass is 9.81. The van der Waals surface area contributed by atoms with Crippen molar-refractivity contribution in [3.63, 3.8) is 0 Å². The van der Waals surface area contributed by atoms with Gasteiger partial charge in [-0.3, -0.25) is 8.98 Å². The molecule has 5 unspecified atom stereocenters. The van der Waals surface area contributed by atoms with Crippen LogP contribution in [-0.2, 0) is 23.8 Å². The van der Waals surface area contributed by atoms with E-state index in [1.807, 2.05) is 20.8 Å². The molecule has 5 atom stereocenters. The highest BCUT2D eigenvalue weighted by molar-refractivity contribution is 7.87. The summed E-state index contributed by atoms with van der Waals surface area (Å²) in [6.07, 6.45) is 0.533. The van der Waals surface area contributed by atoms with Crippen LogP contribution in [0.15, 0.2) is 0 Å². The fourth-order valence-electron chi connectivity index (χ4n) is 4.31. The molecule has 120 valence electrons. The summed E-state index contributed by atoms with van der Waals surface area (Å²) < 4.78 is 35.5. The standard InChI is InChI=1S/C15H24O5S/c1-6-14(2,3)13(16)19-11-8-7-9-10(15(8,4)5)12(11)21(17,18)20-9/h8-12H,6-7H2,1-5H3. The van der Waals surface area contributed by atoms with Crippen LogP contribution in [0.4, 0.5) is 0 Å². The second-order valence-electron chi connectivity index (χ2n) is 7.89. The monoisotopic (exact) mass is 316 g/mol. The maximum atomic E-state index is 12.4. The molecule has 0 amide bonds. The first-order chi connectivity index (χ1) is 9.52. The highest BCUT2D eigenvalue weighted by Gasteiger charge is 2.73. The lowest BCUT2D eigenvalue weighted by Crippen LogP contribution is -2.41. The Hall–Kier alpha value is -0.620. The molecule has 3 rings (SSSR count). The Balaban J connectivity index is 1.92. The Morgan fingerprint density at radius 3 is 2.57 bits per heavy atom. The van der Waals surface area contributed by atoms with Gasteiger partial charge in [-0.25, -0.2) is 0 Å². The third kappa shape index (κ3) is 1.91. The van der Waals surface area contributed by atoms with Crippen LogP contribution >= 0.6 is 0 Å². The van der Waals surface area contributed by atoms with Crippen molar-refractivity contribution < 1.29 is 22.1 Å². The maximum absolute atomic E-state index is 12.4. The maximum Gasteiger partial charge on any atom is 0.311 e. The molecule has 1 aliphatic heterocycles. The van der Waals surface area contributed by atoms with Crippen molar-refractivity contribution in [2.75, 3.05) is 0 Å². The lowest BCUT2D eigenvalue weighted by molar-refractivity contribution is -0.162. The summed E-state index contributed by atoms with van der Waals surface area (Å²) >= 11 is 0. The number of ether oxygens (including phenoxy) is 1. The number of esters is 1. The van der Waals surface area contributed by atoms with E-state index in [9.17, 15) is 13.2 Å². The zero-order valence-corrected chi connectivity index (χ0v) is 14.1. The summed E-state index contributed by atoms with van der Waals surface area (Å²) in [6.45, 7) is 9.72. The molecule has 0 radical (unpaired) electrons. The first kappa shape index (κ1) is 15.3. The number of carbonyl (C=O) groups is 1. The predicted molar refractivity (Wildman–Crippen MR) is 76.9 cm³/mol. The number of hydrogen-bond acceptors (Lipinski definition) is 5. The van der Waals surface area contributed by atoms with Gasteiger partial charge < -0.3 is 4.74 Å². The molecule has 1 heterocycles. The van der Waals surface area contributed by atoms with Crippen LogP contribution < -0.4 is 0 Å². The zero-order chi connectivity index (χ0) is 15.8. The molecule has 3 aliphatic rings. The number of hydrogen-bond donors (Lipinski definition) is 0. The fourth-order valence-corrected chi connectivity index (χ4v) is 6.44. The molecule has 6 heteroatoms. The van der Waals surface area contributed by atoms with Gasteiger partial charge in [-0.05, 0) is 32.1 Å². The van der Waals surface area contributed by atoms with E-state index >= 15 is 0 Å². The van der Waals surface area contributed by atoms with Crippen LogP contribution in [0.5, 0.6) is 0 Å². The van der Waals surface area contributed by atoms with Crippen LogP contribution in [0.1, 0.15) is 47.5 Å². The average Bonchev–Trinajstić information content (AvgIpc) is 2.82. The van der Waals surface area contributed by atoms with E-state index in [1.165, 1.54) is 0 Å². The molecule has 0 N–H and O–H groups in total. The molecule has 2 saturated carbocycles. The van der Waals surface area contributed by atoms with Crippen LogP contribution in [0, 0.1) is 22.7 Å². The van der Waals surface area contributed by atoms with Gasteiger partial charge in [-0.15, -0.1) is 0 Å². The summed E-state index contributed by atoms with van der Waals surface area (Å²) in [6, 6.07) is 0. The highest BCUT2D eigenvalue weighted by atomic mass is 32.2. The van der Waals surface area contributed by atoms with Crippen LogP contribution in [0.25, 0.3) is 0 Å². The lowest BCUT2D eigenvalue weighted by Gasteiger charge is -2.30. The van der Waals surface area contributed by atoms with E-state index in [0.29, 0.717) is 12.8 Å². The molecular weight excluding hydrogens is 292 g/mol. The largest absolute Gasteiger partial charge is 0.460 e. The summed E-state index contributed by atoms with van der Waals surface area (Å²) in [7, 11) is -3.63. The number of fused-ring (bicyclic) bond motifs is 1. The molecule has 21 heavy (non-hydrogen) atoms. The Bertz CT molecular complexity index is 577. The average molecular weight is 316 g/mol.